The second-order valence-electron chi connectivity index (χ2n) is 6.22. The van der Waals surface area contributed by atoms with Crippen LogP contribution in [-0.4, -0.2) is 39.5 Å². The zero-order valence-corrected chi connectivity index (χ0v) is 12.2. The Kier molecular flexibility index (Phi) is 3.99. The number of aliphatic carboxylic acids is 1. The van der Waals surface area contributed by atoms with Gasteiger partial charge < -0.3 is 14.6 Å². The van der Waals surface area contributed by atoms with Gasteiger partial charge in [-0.15, -0.1) is 0 Å². The Balaban J connectivity index is 1.61. The van der Waals surface area contributed by atoms with E-state index in [9.17, 15) is 9.59 Å². The number of carboxylic acids is 1. The Morgan fingerprint density at radius 1 is 1.19 bits per heavy atom. The molecule has 0 aromatic carbocycles. The van der Waals surface area contributed by atoms with Gasteiger partial charge >= 0.3 is 5.97 Å². The van der Waals surface area contributed by atoms with Crippen LogP contribution in [0.15, 0.2) is 18.3 Å². The van der Waals surface area contributed by atoms with Gasteiger partial charge in [0.15, 0.2) is 0 Å². The molecule has 1 N–H and O–H groups in total. The summed E-state index contributed by atoms with van der Waals surface area (Å²) in [6.45, 7) is 1.35. The van der Waals surface area contributed by atoms with E-state index >= 15 is 0 Å². The summed E-state index contributed by atoms with van der Waals surface area (Å²) >= 11 is 0. The molecule has 3 rings (SSSR count). The van der Waals surface area contributed by atoms with Crippen LogP contribution < -0.4 is 0 Å². The monoisotopic (exact) mass is 290 g/mol. The first-order chi connectivity index (χ1) is 10.1. The van der Waals surface area contributed by atoms with Gasteiger partial charge in [-0.05, 0) is 50.2 Å². The summed E-state index contributed by atoms with van der Waals surface area (Å²) in [7, 11) is 0. The summed E-state index contributed by atoms with van der Waals surface area (Å²) in [6.07, 6.45) is 7.39. The van der Waals surface area contributed by atoms with E-state index in [4.69, 9.17) is 5.11 Å². The number of carbonyl (C=O) groups is 2. The lowest BCUT2D eigenvalue weighted by atomic mass is 9.92. The second kappa shape index (κ2) is 5.92. The highest BCUT2D eigenvalue weighted by atomic mass is 16.4. The average molecular weight is 290 g/mol. The number of hydrogen-bond acceptors (Lipinski definition) is 2. The summed E-state index contributed by atoms with van der Waals surface area (Å²) in [5.41, 5.74) is 0.788. The lowest BCUT2D eigenvalue weighted by Gasteiger charge is -2.33. The molecule has 1 saturated heterocycles. The summed E-state index contributed by atoms with van der Waals surface area (Å²) in [6, 6.07) is 4.34. The van der Waals surface area contributed by atoms with Crippen LogP contribution in [0.2, 0.25) is 0 Å². The van der Waals surface area contributed by atoms with Crippen LogP contribution in [-0.2, 0) is 4.79 Å². The van der Waals surface area contributed by atoms with E-state index in [1.807, 2.05) is 23.2 Å². The van der Waals surface area contributed by atoms with Crippen LogP contribution in [0.25, 0.3) is 0 Å². The Hall–Kier alpha value is -1.78. The number of amides is 1. The largest absolute Gasteiger partial charge is 0.481 e. The van der Waals surface area contributed by atoms with Crippen molar-refractivity contribution in [1.82, 2.24) is 9.47 Å². The van der Waals surface area contributed by atoms with Crippen LogP contribution in [0.3, 0.4) is 0 Å². The van der Waals surface area contributed by atoms with Crippen molar-refractivity contribution in [1.29, 1.82) is 0 Å². The predicted octanol–water partition coefficient (Wildman–Crippen LogP) is 2.54. The highest BCUT2D eigenvalue weighted by Crippen LogP contribution is 2.33. The molecule has 2 heterocycles. The standard InChI is InChI=1S/C16H22N2O3/c19-15(20)11-12-6-9-17(10-7-12)16(21)14-5-2-8-18(14)13-3-1-4-13/h2,5,8,12-13H,1,3-4,6-7,9-11H2,(H,19,20). The van der Waals surface area contributed by atoms with E-state index < -0.39 is 5.97 Å². The molecular weight excluding hydrogens is 268 g/mol. The molecule has 5 nitrogen and oxygen atoms in total. The van der Waals surface area contributed by atoms with Gasteiger partial charge in [0.2, 0.25) is 0 Å². The van der Waals surface area contributed by atoms with Crippen LogP contribution >= 0.6 is 0 Å². The molecule has 1 amide bonds. The second-order valence-corrected chi connectivity index (χ2v) is 6.22. The number of carbonyl (C=O) groups excluding carboxylic acids is 1. The van der Waals surface area contributed by atoms with Crippen molar-refractivity contribution in [3.05, 3.63) is 24.0 Å². The quantitative estimate of drug-likeness (QED) is 0.927. The van der Waals surface area contributed by atoms with E-state index in [2.05, 4.69) is 4.57 Å². The van der Waals surface area contributed by atoms with Crippen molar-refractivity contribution in [2.75, 3.05) is 13.1 Å². The van der Waals surface area contributed by atoms with Gasteiger partial charge in [-0.2, -0.15) is 0 Å². The fraction of sp³-hybridized carbons (Fsp3) is 0.625. The van der Waals surface area contributed by atoms with Gasteiger partial charge in [-0.3, -0.25) is 9.59 Å². The van der Waals surface area contributed by atoms with Gasteiger partial charge in [0, 0.05) is 31.7 Å². The number of piperidine rings is 1. The van der Waals surface area contributed by atoms with Crippen LogP contribution in [0.1, 0.15) is 55.1 Å². The summed E-state index contributed by atoms with van der Waals surface area (Å²) in [5.74, 6) is -0.427. The predicted molar refractivity (Wildman–Crippen MR) is 78.2 cm³/mol. The van der Waals surface area contributed by atoms with Crippen molar-refractivity contribution in [3.63, 3.8) is 0 Å². The molecular formula is C16H22N2O3. The fourth-order valence-corrected chi connectivity index (χ4v) is 3.31. The number of hydrogen-bond donors (Lipinski definition) is 1. The molecule has 1 aliphatic carbocycles. The normalized spacial score (nSPS) is 20.3. The van der Waals surface area contributed by atoms with Crippen molar-refractivity contribution < 1.29 is 14.7 Å². The molecule has 0 spiro atoms. The molecule has 0 radical (unpaired) electrons. The molecule has 1 aromatic heterocycles. The summed E-state index contributed by atoms with van der Waals surface area (Å²) in [5, 5.41) is 8.84. The summed E-state index contributed by atoms with van der Waals surface area (Å²) < 4.78 is 2.12. The maximum atomic E-state index is 12.6. The molecule has 0 unspecified atom stereocenters. The third-order valence-electron chi connectivity index (χ3n) is 4.83. The van der Waals surface area contributed by atoms with Crippen molar-refractivity contribution in [2.24, 2.45) is 5.92 Å². The van der Waals surface area contributed by atoms with Crippen molar-refractivity contribution >= 4 is 11.9 Å². The molecule has 5 heteroatoms. The zero-order chi connectivity index (χ0) is 14.8. The maximum absolute atomic E-state index is 12.6. The summed E-state index contributed by atoms with van der Waals surface area (Å²) in [4.78, 5) is 25.3. The Labute approximate surface area is 124 Å². The molecule has 2 fully saturated rings. The Morgan fingerprint density at radius 2 is 1.90 bits per heavy atom. The highest BCUT2D eigenvalue weighted by Gasteiger charge is 2.28. The van der Waals surface area contributed by atoms with Gasteiger partial charge in [-0.1, -0.05) is 0 Å². The minimum atomic E-state index is -0.737. The van der Waals surface area contributed by atoms with Gasteiger partial charge in [0.25, 0.3) is 5.91 Å². The number of nitrogens with zero attached hydrogens (tertiary/aromatic N) is 2. The lowest BCUT2D eigenvalue weighted by molar-refractivity contribution is -0.138. The number of likely N-dealkylation sites (tertiary alicyclic amines) is 1. The first-order valence-corrected chi connectivity index (χ1v) is 7.83. The SMILES string of the molecule is O=C(O)CC1CCN(C(=O)c2cccn2C2CCC2)CC1. The third-order valence-corrected chi connectivity index (χ3v) is 4.83. The molecule has 0 bridgehead atoms. The van der Waals surface area contributed by atoms with E-state index in [0.29, 0.717) is 19.1 Å². The van der Waals surface area contributed by atoms with E-state index in [1.54, 1.807) is 0 Å². The van der Waals surface area contributed by atoms with E-state index in [0.717, 1.165) is 31.4 Å². The molecule has 1 aromatic rings. The highest BCUT2D eigenvalue weighted by molar-refractivity contribution is 5.93. The average Bonchev–Trinajstić information content (AvgIpc) is 2.85. The van der Waals surface area contributed by atoms with Crippen LogP contribution in [0.4, 0.5) is 0 Å². The van der Waals surface area contributed by atoms with E-state index in [-0.39, 0.29) is 18.2 Å². The maximum Gasteiger partial charge on any atom is 0.303 e. The Bertz CT molecular complexity index is 525. The smallest absolute Gasteiger partial charge is 0.303 e. The molecule has 1 aliphatic heterocycles. The van der Waals surface area contributed by atoms with Crippen LogP contribution in [0.5, 0.6) is 0 Å². The molecule has 114 valence electrons. The van der Waals surface area contributed by atoms with Crippen molar-refractivity contribution in [3.8, 4) is 0 Å². The third kappa shape index (κ3) is 2.96. The minimum absolute atomic E-state index is 0.0978. The van der Waals surface area contributed by atoms with Crippen LogP contribution in [0, 0.1) is 5.92 Å². The molecule has 2 aliphatic rings. The topological polar surface area (TPSA) is 62.5 Å². The zero-order valence-electron chi connectivity index (χ0n) is 12.2. The molecule has 1 saturated carbocycles. The Morgan fingerprint density at radius 3 is 2.48 bits per heavy atom. The first-order valence-electron chi connectivity index (χ1n) is 7.83. The first kappa shape index (κ1) is 14.2. The fourth-order valence-electron chi connectivity index (χ4n) is 3.31. The van der Waals surface area contributed by atoms with Gasteiger partial charge in [0.1, 0.15) is 5.69 Å². The minimum Gasteiger partial charge on any atom is -0.481 e. The van der Waals surface area contributed by atoms with Gasteiger partial charge in [-0.25, -0.2) is 0 Å². The molecule has 0 atom stereocenters. The van der Waals surface area contributed by atoms with Gasteiger partial charge in [0.05, 0.1) is 0 Å². The van der Waals surface area contributed by atoms with Crippen molar-refractivity contribution in [2.45, 2.75) is 44.6 Å². The molecule has 21 heavy (non-hydrogen) atoms. The number of rotatable bonds is 4. The lowest BCUT2D eigenvalue weighted by Crippen LogP contribution is -2.40. The number of aromatic nitrogens is 1. The number of carboxylic acid groups (broad SMARTS) is 1. The van der Waals surface area contributed by atoms with E-state index in [1.165, 1.54) is 6.42 Å².